The summed E-state index contributed by atoms with van der Waals surface area (Å²) in [5.74, 6) is 0.412. The molecule has 0 unspecified atom stereocenters. The van der Waals surface area contributed by atoms with Gasteiger partial charge in [-0.1, -0.05) is 12.8 Å². The molecule has 0 radical (unpaired) electrons. The second-order valence-corrected chi connectivity index (χ2v) is 4.40. The zero-order valence-corrected chi connectivity index (χ0v) is 9.43. The Morgan fingerprint density at radius 1 is 1.50 bits per heavy atom. The lowest BCUT2D eigenvalue weighted by atomic mass is 10.2. The third-order valence-electron chi connectivity index (χ3n) is 3.11. The lowest BCUT2D eigenvalue weighted by molar-refractivity contribution is -0.486. The van der Waals surface area contributed by atoms with Crippen LogP contribution in [0, 0.1) is 10.1 Å². The molecule has 1 aliphatic heterocycles. The van der Waals surface area contributed by atoms with Gasteiger partial charge in [-0.05, 0) is 19.9 Å². The van der Waals surface area contributed by atoms with Gasteiger partial charge in [-0.15, -0.1) is 0 Å². The van der Waals surface area contributed by atoms with Crippen molar-refractivity contribution in [3.8, 4) is 0 Å². The van der Waals surface area contributed by atoms with E-state index in [2.05, 4.69) is 15.3 Å². The summed E-state index contributed by atoms with van der Waals surface area (Å²) in [6.45, 7) is 1.32. The molecule has 0 aromatic carbocycles. The van der Waals surface area contributed by atoms with Crippen molar-refractivity contribution in [3.63, 3.8) is 0 Å². The molecule has 7 heteroatoms. The van der Waals surface area contributed by atoms with E-state index in [0.717, 1.165) is 12.8 Å². The molecule has 2 rings (SSSR count). The maximum atomic E-state index is 10.4. The molecule has 2 aliphatic rings. The van der Waals surface area contributed by atoms with Crippen LogP contribution >= 0.6 is 0 Å². The molecular formula is C9H17N5O2. The van der Waals surface area contributed by atoms with Crippen molar-refractivity contribution in [1.29, 1.82) is 0 Å². The molecule has 1 heterocycles. The number of nitro groups is 1. The Labute approximate surface area is 94.2 Å². The van der Waals surface area contributed by atoms with Gasteiger partial charge in [0.1, 0.15) is 5.10 Å². The number of guanidine groups is 1. The summed E-state index contributed by atoms with van der Waals surface area (Å²) < 4.78 is 0. The number of hydrazone groups is 1. The average molecular weight is 227 g/mol. The summed E-state index contributed by atoms with van der Waals surface area (Å²) in [6, 6.07) is 0.397. The van der Waals surface area contributed by atoms with Gasteiger partial charge in [0.15, 0.2) is 5.03 Å². The van der Waals surface area contributed by atoms with Crippen molar-refractivity contribution < 1.29 is 5.03 Å². The Hall–Kier alpha value is -1.37. The number of nitrogens with one attached hydrogen (secondary N) is 1. The van der Waals surface area contributed by atoms with E-state index in [9.17, 15) is 10.1 Å². The van der Waals surface area contributed by atoms with Crippen LogP contribution in [0.2, 0.25) is 0 Å². The maximum absolute atomic E-state index is 10.4. The van der Waals surface area contributed by atoms with Gasteiger partial charge >= 0.3 is 0 Å². The molecule has 0 aromatic rings. The molecular weight excluding hydrogens is 210 g/mol. The van der Waals surface area contributed by atoms with Crippen LogP contribution < -0.4 is 5.32 Å². The topological polar surface area (TPSA) is 74.0 Å². The van der Waals surface area contributed by atoms with E-state index in [1.54, 1.807) is 0 Å². The molecule has 0 spiro atoms. The van der Waals surface area contributed by atoms with Gasteiger partial charge in [0.25, 0.3) is 5.96 Å². The summed E-state index contributed by atoms with van der Waals surface area (Å²) in [4.78, 5) is 14.5. The standard InChI is InChI=1S/C9H17N5O2/c1-12-6-10-9(11-14(15)16)13(7-12)8-4-2-3-5-8/h8H,2-7H2,1H3,(H,10,11). The fraction of sp³-hybridized carbons (Fsp3) is 0.889. The lowest BCUT2D eigenvalue weighted by Crippen LogP contribution is -2.58. The monoisotopic (exact) mass is 227 g/mol. The van der Waals surface area contributed by atoms with Crippen LogP contribution in [-0.4, -0.2) is 47.2 Å². The zero-order chi connectivity index (χ0) is 11.5. The van der Waals surface area contributed by atoms with Gasteiger partial charge in [0, 0.05) is 6.04 Å². The first-order valence-electron chi connectivity index (χ1n) is 5.59. The van der Waals surface area contributed by atoms with E-state index in [0.29, 0.717) is 25.3 Å². The van der Waals surface area contributed by atoms with Crippen LogP contribution in [-0.2, 0) is 0 Å². The molecule has 0 atom stereocenters. The highest BCUT2D eigenvalue weighted by Crippen LogP contribution is 2.24. The first kappa shape index (κ1) is 11.1. The lowest BCUT2D eigenvalue weighted by Gasteiger charge is -2.38. The van der Waals surface area contributed by atoms with Gasteiger partial charge in [0.2, 0.25) is 0 Å². The fourth-order valence-corrected chi connectivity index (χ4v) is 2.36. The quantitative estimate of drug-likeness (QED) is 0.540. The van der Waals surface area contributed by atoms with Crippen LogP contribution in [0.1, 0.15) is 25.7 Å². The molecule has 1 N–H and O–H groups in total. The van der Waals surface area contributed by atoms with Gasteiger partial charge in [0.05, 0.1) is 13.3 Å². The predicted octanol–water partition coefficient (Wildman–Crippen LogP) is 0.229. The summed E-state index contributed by atoms with van der Waals surface area (Å²) in [7, 11) is 1.98. The zero-order valence-electron chi connectivity index (χ0n) is 9.43. The van der Waals surface area contributed by atoms with Gasteiger partial charge in [-0.3, -0.25) is 4.90 Å². The molecule has 0 bridgehead atoms. The van der Waals surface area contributed by atoms with E-state index in [4.69, 9.17) is 0 Å². The number of hydrogen-bond donors (Lipinski definition) is 1. The van der Waals surface area contributed by atoms with Crippen molar-refractivity contribution in [2.45, 2.75) is 31.7 Å². The first-order chi connectivity index (χ1) is 7.66. The molecule has 0 amide bonds. The highest BCUT2D eigenvalue weighted by Gasteiger charge is 2.30. The Morgan fingerprint density at radius 2 is 2.19 bits per heavy atom. The minimum atomic E-state index is -0.629. The average Bonchev–Trinajstić information content (AvgIpc) is 2.73. The summed E-state index contributed by atoms with van der Waals surface area (Å²) >= 11 is 0. The highest BCUT2D eigenvalue weighted by atomic mass is 16.7. The Kier molecular flexibility index (Phi) is 3.23. The molecule has 2 fully saturated rings. The minimum Gasteiger partial charge on any atom is -0.338 e. The van der Waals surface area contributed by atoms with Crippen LogP contribution in [0.4, 0.5) is 0 Å². The third-order valence-corrected chi connectivity index (χ3v) is 3.11. The van der Waals surface area contributed by atoms with E-state index in [1.807, 2.05) is 11.9 Å². The van der Waals surface area contributed by atoms with Gasteiger partial charge < -0.3 is 10.2 Å². The van der Waals surface area contributed by atoms with E-state index in [-0.39, 0.29) is 0 Å². The number of rotatable bonds is 2. The summed E-state index contributed by atoms with van der Waals surface area (Å²) in [5.41, 5.74) is 0. The Balaban J connectivity index is 2.11. The van der Waals surface area contributed by atoms with Crippen LogP contribution in [0.25, 0.3) is 0 Å². The molecule has 0 aromatic heterocycles. The molecule has 1 saturated heterocycles. The number of nitrogens with zero attached hydrogens (tertiary/aromatic N) is 4. The van der Waals surface area contributed by atoms with Crippen molar-refractivity contribution in [2.24, 2.45) is 5.10 Å². The second kappa shape index (κ2) is 4.65. The van der Waals surface area contributed by atoms with Crippen LogP contribution in [0.15, 0.2) is 5.10 Å². The van der Waals surface area contributed by atoms with Crippen molar-refractivity contribution in [3.05, 3.63) is 10.1 Å². The maximum Gasteiger partial charge on any atom is 0.273 e. The second-order valence-electron chi connectivity index (χ2n) is 4.40. The van der Waals surface area contributed by atoms with Crippen molar-refractivity contribution >= 4 is 5.96 Å². The minimum absolute atomic E-state index is 0.397. The van der Waals surface area contributed by atoms with Crippen LogP contribution in [0.3, 0.4) is 0 Å². The Bertz CT molecular complexity index is 300. The SMILES string of the molecule is CN1CN/C(=N/[N+](=O)[O-])N(C2CCCC2)C1. The molecule has 90 valence electrons. The summed E-state index contributed by atoms with van der Waals surface area (Å²) in [6.07, 6.45) is 4.62. The molecule has 1 aliphatic carbocycles. The Morgan fingerprint density at radius 3 is 2.81 bits per heavy atom. The van der Waals surface area contributed by atoms with Crippen molar-refractivity contribution in [2.75, 3.05) is 20.4 Å². The van der Waals surface area contributed by atoms with E-state index >= 15 is 0 Å². The van der Waals surface area contributed by atoms with Gasteiger partial charge in [-0.2, -0.15) is 0 Å². The normalized spacial score (nSPS) is 26.1. The van der Waals surface area contributed by atoms with Crippen molar-refractivity contribution in [1.82, 2.24) is 15.1 Å². The largest absolute Gasteiger partial charge is 0.338 e. The predicted molar refractivity (Wildman–Crippen MR) is 59.2 cm³/mol. The smallest absolute Gasteiger partial charge is 0.273 e. The van der Waals surface area contributed by atoms with E-state index in [1.165, 1.54) is 12.8 Å². The highest BCUT2D eigenvalue weighted by molar-refractivity contribution is 5.80. The third kappa shape index (κ3) is 2.41. The number of hydrogen-bond acceptors (Lipinski definition) is 3. The summed E-state index contributed by atoms with van der Waals surface area (Å²) in [5, 5.41) is 16.2. The fourth-order valence-electron chi connectivity index (χ4n) is 2.36. The van der Waals surface area contributed by atoms with E-state index < -0.39 is 5.03 Å². The molecule has 1 saturated carbocycles. The van der Waals surface area contributed by atoms with Crippen LogP contribution in [0.5, 0.6) is 0 Å². The molecule has 7 nitrogen and oxygen atoms in total. The molecule has 16 heavy (non-hydrogen) atoms. The first-order valence-corrected chi connectivity index (χ1v) is 5.59. The van der Waals surface area contributed by atoms with Gasteiger partial charge in [-0.25, -0.2) is 10.1 Å².